The Morgan fingerprint density at radius 3 is 2.79 bits per heavy atom. The number of ether oxygens (including phenoxy) is 2. The molecule has 0 saturated carbocycles. The van der Waals surface area contributed by atoms with Crippen molar-refractivity contribution in [1.82, 2.24) is 20.0 Å². The Labute approximate surface area is 195 Å². The lowest BCUT2D eigenvalue weighted by Gasteiger charge is -2.39. The second kappa shape index (κ2) is 9.89. The quantitative estimate of drug-likeness (QED) is 0.636. The Hall–Kier alpha value is -2.97. The number of nitrogens with one attached hydrogen (secondary N) is 1. The Bertz CT molecular complexity index is 1070. The maximum absolute atomic E-state index is 12.3. The third-order valence-electron chi connectivity index (χ3n) is 5.85. The van der Waals surface area contributed by atoms with E-state index in [1.54, 1.807) is 16.8 Å². The summed E-state index contributed by atoms with van der Waals surface area (Å²) in [6.07, 6.45) is 8.47. The van der Waals surface area contributed by atoms with E-state index in [1.807, 2.05) is 19.1 Å². The second-order valence-corrected chi connectivity index (χ2v) is 9.38. The Morgan fingerprint density at radius 2 is 2.06 bits per heavy atom. The van der Waals surface area contributed by atoms with Crippen molar-refractivity contribution in [3.05, 3.63) is 23.8 Å². The van der Waals surface area contributed by atoms with Crippen LogP contribution in [0.5, 0.6) is 11.5 Å². The van der Waals surface area contributed by atoms with Gasteiger partial charge in [-0.25, -0.2) is 0 Å². The highest BCUT2D eigenvalue weighted by molar-refractivity contribution is 7.89. The van der Waals surface area contributed by atoms with Crippen LogP contribution in [0.25, 0.3) is 0 Å². The van der Waals surface area contributed by atoms with E-state index in [0.717, 1.165) is 30.9 Å². The fourth-order valence-electron chi connectivity index (χ4n) is 4.24. The van der Waals surface area contributed by atoms with E-state index in [2.05, 4.69) is 31.0 Å². The number of para-hydroxylation sites is 1. The number of likely N-dealkylation sites (N-methyl/N-ethyl adjacent to an activating group) is 1. The molecule has 3 heterocycles. The van der Waals surface area contributed by atoms with E-state index in [9.17, 15) is 8.42 Å². The molecule has 1 atom stereocenters. The van der Waals surface area contributed by atoms with Gasteiger partial charge in [-0.05, 0) is 38.9 Å². The summed E-state index contributed by atoms with van der Waals surface area (Å²) in [7, 11) is -2.39. The van der Waals surface area contributed by atoms with Gasteiger partial charge in [-0.1, -0.05) is 24.5 Å². The lowest BCUT2D eigenvalue weighted by Crippen LogP contribution is -2.57. The molecule has 1 fully saturated rings. The van der Waals surface area contributed by atoms with Gasteiger partial charge in [-0.15, -0.1) is 15.2 Å². The lowest BCUT2D eigenvalue weighted by atomic mass is 10.1. The zero-order valence-electron chi connectivity index (χ0n) is 19.0. The summed E-state index contributed by atoms with van der Waals surface area (Å²) < 4.78 is 44.6. The van der Waals surface area contributed by atoms with E-state index < -0.39 is 16.4 Å². The molecule has 33 heavy (non-hydrogen) atoms. The van der Waals surface area contributed by atoms with Crippen LogP contribution < -0.4 is 14.8 Å². The van der Waals surface area contributed by atoms with Crippen molar-refractivity contribution in [2.45, 2.75) is 39.0 Å². The molecular weight excluding hydrogens is 444 g/mol. The lowest BCUT2D eigenvalue weighted by molar-refractivity contribution is 0.00508. The summed E-state index contributed by atoms with van der Waals surface area (Å²) in [4.78, 5) is 5.73. The fourth-order valence-corrected chi connectivity index (χ4v) is 5.12. The van der Waals surface area contributed by atoms with Gasteiger partial charge in [-0.2, -0.15) is 8.42 Å². The number of likely N-dealkylation sites (tertiary alicyclic amines) is 1. The number of nitrogens with zero attached hydrogens (tertiary/aromatic N) is 5. The number of benzene rings is 1. The smallest absolute Gasteiger partial charge is 0.369 e. The molecule has 11 heteroatoms. The van der Waals surface area contributed by atoms with Gasteiger partial charge in [-0.3, -0.25) is 9.80 Å². The first-order valence-electron chi connectivity index (χ1n) is 11.2. The molecule has 1 saturated heterocycles. The fraction of sp³-hybridized carbons (Fsp3) is 0.545. The molecule has 0 radical (unpaired) electrons. The van der Waals surface area contributed by atoms with Gasteiger partial charge in [0.2, 0.25) is 18.1 Å². The summed E-state index contributed by atoms with van der Waals surface area (Å²) in [6, 6.07) is 5.91. The van der Waals surface area contributed by atoms with Gasteiger partial charge in [0.15, 0.2) is 11.5 Å². The van der Waals surface area contributed by atoms with Crippen LogP contribution in [0.2, 0.25) is 0 Å². The predicted octanol–water partition coefficient (Wildman–Crippen LogP) is 1.22. The van der Waals surface area contributed by atoms with Crippen LogP contribution in [0.4, 0.5) is 0 Å². The summed E-state index contributed by atoms with van der Waals surface area (Å²) in [5, 5.41) is 2.83. The minimum absolute atomic E-state index is 0.109. The predicted molar refractivity (Wildman–Crippen MR) is 126 cm³/mol. The van der Waals surface area contributed by atoms with Crippen LogP contribution in [-0.2, 0) is 16.8 Å². The molecule has 3 aliphatic rings. The van der Waals surface area contributed by atoms with E-state index in [-0.39, 0.29) is 25.1 Å². The molecule has 1 aromatic carbocycles. The van der Waals surface area contributed by atoms with Crippen molar-refractivity contribution in [3.63, 3.8) is 0 Å². The van der Waals surface area contributed by atoms with Crippen LogP contribution in [0.1, 0.15) is 31.7 Å². The first-order valence-corrected chi connectivity index (χ1v) is 12.6. The van der Waals surface area contributed by atoms with Crippen molar-refractivity contribution in [2.24, 2.45) is 8.80 Å². The third kappa shape index (κ3) is 5.17. The average molecular weight is 475 g/mol. The number of hydrogen-bond donors (Lipinski definition) is 1. The molecule has 0 amide bonds. The summed E-state index contributed by atoms with van der Waals surface area (Å²) in [5.41, 5.74) is 1.10. The van der Waals surface area contributed by atoms with Crippen LogP contribution in [0.15, 0.2) is 27.0 Å². The average Bonchev–Trinajstić information content (AvgIpc) is 2.81. The van der Waals surface area contributed by atoms with Gasteiger partial charge in [0.05, 0.1) is 6.54 Å². The molecule has 3 aliphatic heterocycles. The topological polar surface area (TPSA) is 99.1 Å². The molecule has 0 bridgehead atoms. The molecule has 0 aliphatic carbocycles. The SMILES string of the molecule is C#CCNC1=NS(=O)(=O)N=C(N(CC)C2COc3c(CN4CCCCC4)cccc3O2)N1C. The molecule has 4 rings (SSSR count). The monoisotopic (exact) mass is 474 g/mol. The van der Waals surface area contributed by atoms with Crippen LogP contribution in [0.3, 0.4) is 0 Å². The van der Waals surface area contributed by atoms with E-state index >= 15 is 0 Å². The number of fused-ring (bicyclic) bond motifs is 1. The second-order valence-electron chi connectivity index (χ2n) is 8.12. The van der Waals surface area contributed by atoms with Crippen molar-refractivity contribution in [3.8, 4) is 23.8 Å². The minimum atomic E-state index is -4.06. The standard InChI is InChI=1S/C22H30N6O4S/c1-4-12-23-21-24-33(29,30)25-22(26(21)3)28(5-2)19-16-31-20-17(10-9-11-18(20)32-19)15-27-13-7-6-8-14-27/h1,9-11,19H,5-8,12-16H2,2-3H3,(H,23,24). The van der Waals surface area contributed by atoms with Crippen molar-refractivity contribution in [1.29, 1.82) is 0 Å². The number of hydrogen-bond acceptors (Lipinski definition) is 8. The van der Waals surface area contributed by atoms with Crippen LogP contribution >= 0.6 is 0 Å². The molecular formula is C22H30N6O4S. The Balaban J connectivity index is 1.54. The number of piperidine rings is 1. The summed E-state index contributed by atoms with van der Waals surface area (Å²) >= 11 is 0. The number of terminal acetylenes is 1. The maximum atomic E-state index is 12.3. The molecule has 1 unspecified atom stereocenters. The van der Waals surface area contributed by atoms with Gasteiger partial charge < -0.3 is 19.7 Å². The summed E-state index contributed by atoms with van der Waals surface area (Å²) in [5.74, 6) is 4.10. The minimum Gasteiger partial charge on any atom is -0.483 e. The molecule has 1 N–H and O–H groups in total. The van der Waals surface area contributed by atoms with E-state index in [1.165, 1.54) is 19.3 Å². The van der Waals surface area contributed by atoms with Crippen molar-refractivity contribution in [2.75, 3.05) is 39.8 Å². The van der Waals surface area contributed by atoms with Gasteiger partial charge >= 0.3 is 10.2 Å². The Morgan fingerprint density at radius 1 is 1.27 bits per heavy atom. The summed E-state index contributed by atoms with van der Waals surface area (Å²) in [6.45, 7) is 5.71. The van der Waals surface area contributed by atoms with Gasteiger partial charge in [0.25, 0.3) is 0 Å². The molecule has 178 valence electrons. The zero-order valence-corrected chi connectivity index (χ0v) is 19.8. The molecule has 1 aromatic rings. The highest BCUT2D eigenvalue weighted by atomic mass is 32.2. The molecule has 10 nitrogen and oxygen atoms in total. The largest absolute Gasteiger partial charge is 0.483 e. The van der Waals surface area contributed by atoms with Gasteiger partial charge in [0.1, 0.15) is 6.61 Å². The number of guanidine groups is 2. The zero-order chi connectivity index (χ0) is 23.4. The first kappa shape index (κ1) is 23.2. The van der Waals surface area contributed by atoms with E-state index in [0.29, 0.717) is 12.3 Å². The van der Waals surface area contributed by atoms with Crippen molar-refractivity contribution < 1.29 is 17.9 Å². The highest BCUT2D eigenvalue weighted by Gasteiger charge is 2.35. The van der Waals surface area contributed by atoms with Crippen LogP contribution in [0, 0.1) is 12.3 Å². The van der Waals surface area contributed by atoms with Crippen LogP contribution in [-0.4, -0.2) is 81.1 Å². The first-order chi connectivity index (χ1) is 15.9. The molecule has 0 aromatic heterocycles. The van der Waals surface area contributed by atoms with E-state index in [4.69, 9.17) is 15.9 Å². The normalized spacial score (nSPS) is 22.1. The van der Waals surface area contributed by atoms with Gasteiger partial charge in [0, 0.05) is 25.7 Å². The van der Waals surface area contributed by atoms with Crippen molar-refractivity contribution >= 4 is 22.1 Å². The molecule has 0 spiro atoms. The number of rotatable bonds is 5. The highest BCUT2D eigenvalue weighted by Crippen LogP contribution is 2.37. The Kier molecular flexibility index (Phi) is 6.95. The maximum Gasteiger partial charge on any atom is 0.369 e. The third-order valence-corrected chi connectivity index (χ3v) is 6.64.